The summed E-state index contributed by atoms with van der Waals surface area (Å²) >= 11 is 0. The lowest BCUT2D eigenvalue weighted by Gasteiger charge is -2.11. The molecule has 0 unspecified atom stereocenters. The van der Waals surface area contributed by atoms with Gasteiger partial charge in [0.2, 0.25) is 5.69 Å². The lowest BCUT2D eigenvalue weighted by Crippen LogP contribution is -2.20. The van der Waals surface area contributed by atoms with E-state index in [4.69, 9.17) is 10.00 Å². The number of aromatic nitrogens is 2. The van der Waals surface area contributed by atoms with E-state index in [1.54, 1.807) is 0 Å². The first kappa shape index (κ1) is 8.91. The molecule has 1 atom stereocenters. The van der Waals surface area contributed by atoms with Crippen LogP contribution in [0.5, 0.6) is 5.88 Å². The summed E-state index contributed by atoms with van der Waals surface area (Å²) in [6, 6.07) is 1.95. The van der Waals surface area contributed by atoms with E-state index in [-0.39, 0.29) is 11.8 Å². The summed E-state index contributed by atoms with van der Waals surface area (Å²) in [6.07, 6.45) is 4.07. The summed E-state index contributed by atoms with van der Waals surface area (Å²) in [4.78, 5) is 7.85. The zero-order valence-electron chi connectivity index (χ0n) is 7.60. The largest absolute Gasteiger partial charge is 0.471 e. The smallest absolute Gasteiger partial charge is 0.251 e. The van der Waals surface area contributed by atoms with Gasteiger partial charge in [-0.05, 0) is 13.0 Å². The molecule has 0 aliphatic carbocycles. The number of rotatable bonds is 2. The van der Waals surface area contributed by atoms with Crippen molar-refractivity contribution in [2.45, 2.75) is 12.5 Å². The molecule has 1 aromatic rings. The standard InChI is InChI=1S/C9H10N4O/c10-5-8-9(13-4-3-12-8)14-7-1-2-11-6-7/h3-4,7,11H,1-2,6H2/t7-/m1/s1. The monoisotopic (exact) mass is 190 g/mol. The Balaban J connectivity index is 2.11. The summed E-state index contributed by atoms with van der Waals surface area (Å²) < 4.78 is 5.54. The van der Waals surface area contributed by atoms with Gasteiger partial charge < -0.3 is 10.1 Å². The quantitative estimate of drug-likeness (QED) is 0.715. The van der Waals surface area contributed by atoms with Gasteiger partial charge in [0.15, 0.2) is 0 Å². The third-order valence-corrected chi connectivity index (χ3v) is 2.06. The Kier molecular flexibility index (Phi) is 2.56. The first-order valence-corrected chi connectivity index (χ1v) is 4.48. The Labute approximate surface area is 81.7 Å². The van der Waals surface area contributed by atoms with Gasteiger partial charge in [-0.3, -0.25) is 0 Å². The van der Waals surface area contributed by atoms with Gasteiger partial charge in [0.1, 0.15) is 12.2 Å². The van der Waals surface area contributed by atoms with Gasteiger partial charge in [-0.2, -0.15) is 5.26 Å². The van der Waals surface area contributed by atoms with Crippen molar-refractivity contribution in [2.75, 3.05) is 13.1 Å². The minimum atomic E-state index is 0.110. The van der Waals surface area contributed by atoms with Crippen LogP contribution in [0.1, 0.15) is 12.1 Å². The van der Waals surface area contributed by atoms with Gasteiger partial charge >= 0.3 is 0 Å². The lowest BCUT2D eigenvalue weighted by molar-refractivity contribution is 0.212. The van der Waals surface area contributed by atoms with E-state index < -0.39 is 0 Å². The van der Waals surface area contributed by atoms with Crippen LogP contribution in [0, 0.1) is 11.3 Å². The zero-order chi connectivity index (χ0) is 9.80. The first-order valence-electron chi connectivity index (χ1n) is 4.48. The van der Waals surface area contributed by atoms with E-state index in [2.05, 4.69) is 15.3 Å². The molecule has 1 aliphatic rings. The molecule has 72 valence electrons. The fourth-order valence-corrected chi connectivity index (χ4v) is 1.37. The average Bonchev–Trinajstić information content (AvgIpc) is 2.71. The molecular formula is C9H10N4O. The van der Waals surface area contributed by atoms with Crippen molar-refractivity contribution < 1.29 is 4.74 Å². The fraction of sp³-hybridized carbons (Fsp3) is 0.444. The number of hydrogen-bond donors (Lipinski definition) is 1. The highest BCUT2D eigenvalue weighted by Gasteiger charge is 2.18. The van der Waals surface area contributed by atoms with E-state index in [0.29, 0.717) is 5.88 Å². The van der Waals surface area contributed by atoms with Crippen LogP contribution in [0.15, 0.2) is 12.4 Å². The molecule has 1 aromatic heterocycles. The molecule has 1 aliphatic heterocycles. The summed E-state index contributed by atoms with van der Waals surface area (Å²) in [5, 5.41) is 11.9. The molecule has 0 spiro atoms. The van der Waals surface area contributed by atoms with Crippen molar-refractivity contribution in [3.05, 3.63) is 18.1 Å². The molecule has 0 bridgehead atoms. The molecule has 5 nitrogen and oxygen atoms in total. The molecule has 0 radical (unpaired) electrons. The molecule has 0 amide bonds. The van der Waals surface area contributed by atoms with Gasteiger partial charge in [0.25, 0.3) is 5.88 Å². The molecular weight excluding hydrogens is 180 g/mol. The molecule has 5 heteroatoms. The van der Waals surface area contributed by atoms with Crippen molar-refractivity contribution in [3.63, 3.8) is 0 Å². The number of ether oxygens (including phenoxy) is 1. The Morgan fingerprint density at radius 3 is 3.07 bits per heavy atom. The highest BCUT2D eigenvalue weighted by atomic mass is 16.5. The number of nitrogens with one attached hydrogen (secondary N) is 1. The maximum Gasteiger partial charge on any atom is 0.251 e. The average molecular weight is 190 g/mol. The van der Waals surface area contributed by atoms with E-state index >= 15 is 0 Å². The Hall–Kier alpha value is -1.67. The van der Waals surface area contributed by atoms with Crippen LogP contribution in [0.4, 0.5) is 0 Å². The van der Waals surface area contributed by atoms with Crippen LogP contribution in [0.2, 0.25) is 0 Å². The number of nitrogens with zero attached hydrogens (tertiary/aromatic N) is 3. The lowest BCUT2D eigenvalue weighted by atomic mass is 10.3. The molecule has 0 aromatic carbocycles. The number of nitriles is 1. The van der Waals surface area contributed by atoms with Gasteiger partial charge in [-0.15, -0.1) is 0 Å². The Morgan fingerprint density at radius 2 is 2.36 bits per heavy atom. The number of hydrogen-bond acceptors (Lipinski definition) is 5. The molecule has 2 rings (SSSR count). The predicted octanol–water partition coefficient (Wildman–Crippen LogP) is 0.0890. The van der Waals surface area contributed by atoms with Crippen molar-refractivity contribution in [1.82, 2.24) is 15.3 Å². The zero-order valence-corrected chi connectivity index (χ0v) is 7.60. The second kappa shape index (κ2) is 4.03. The minimum absolute atomic E-state index is 0.110. The SMILES string of the molecule is N#Cc1nccnc1O[C@@H]1CCNC1. The molecule has 0 saturated carbocycles. The molecule has 14 heavy (non-hydrogen) atoms. The van der Waals surface area contributed by atoms with Crippen LogP contribution in [0.25, 0.3) is 0 Å². The van der Waals surface area contributed by atoms with E-state index in [1.807, 2.05) is 6.07 Å². The van der Waals surface area contributed by atoms with Crippen LogP contribution in [-0.4, -0.2) is 29.2 Å². The van der Waals surface area contributed by atoms with Gasteiger partial charge in [0, 0.05) is 18.9 Å². The summed E-state index contributed by atoms with van der Waals surface area (Å²) in [5.41, 5.74) is 0.249. The molecule has 2 heterocycles. The maximum atomic E-state index is 8.74. The Bertz CT molecular complexity index is 354. The van der Waals surface area contributed by atoms with Gasteiger partial charge in [0.05, 0.1) is 0 Å². The van der Waals surface area contributed by atoms with Crippen molar-refractivity contribution in [1.29, 1.82) is 5.26 Å². The molecule has 1 saturated heterocycles. The topological polar surface area (TPSA) is 70.8 Å². The van der Waals surface area contributed by atoms with E-state index in [0.717, 1.165) is 19.5 Å². The molecule has 1 N–H and O–H groups in total. The Morgan fingerprint density at radius 1 is 1.50 bits per heavy atom. The predicted molar refractivity (Wildman–Crippen MR) is 48.6 cm³/mol. The minimum Gasteiger partial charge on any atom is -0.471 e. The third-order valence-electron chi connectivity index (χ3n) is 2.06. The van der Waals surface area contributed by atoms with Crippen molar-refractivity contribution in [2.24, 2.45) is 0 Å². The van der Waals surface area contributed by atoms with E-state index in [9.17, 15) is 0 Å². The summed E-state index contributed by atoms with van der Waals surface area (Å²) in [5.74, 6) is 0.337. The van der Waals surface area contributed by atoms with E-state index in [1.165, 1.54) is 12.4 Å². The van der Waals surface area contributed by atoms with Crippen LogP contribution in [-0.2, 0) is 0 Å². The van der Waals surface area contributed by atoms with Crippen LogP contribution in [0.3, 0.4) is 0 Å². The second-order valence-electron chi connectivity index (χ2n) is 3.05. The van der Waals surface area contributed by atoms with Gasteiger partial charge in [-0.25, -0.2) is 9.97 Å². The highest BCUT2D eigenvalue weighted by Crippen LogP contribution is 2.14. The normalized spacial score (nSPS) is 20.4. The second-order valence-corrected chi connectivity index (χ2v) is 3.05. The van der Waals surface area contributed by atoms with Crippen LogP contribution >= 0.6 is 0 Å². The highest BCUT2D eigenvalue weighted by molar-refractivity contribution is 5.30. The maximum absolute atomic E-state index is 8.74. The van der Waals surface area contributed by atoms with Gasteiger partial charge in [-0.1, -0.05) is 0 Å². The summed E-state index contributed by atoms with van der Waals surface area (Å²) in [6.45, 7) is 1.76. The third kappa shape index (κ3) is 1.80. The van der Waals surface area contributed by atoms with Crippen molar-refractivity contribution >= 4 is 0 Å². The fourth-order valence-electron chi connectivity index (χ4n) is 1.37. The molecule has 1 fully saturated rings. The van der Waals surface area contributed by atoms with Crippen LogP contribution < -0.4 is 10.1 Å². The van der Waals surface area contributed by atoms with Crippen molar-refractivity contribution in [3.8, 4) is 11.9 Å². The first-order chi connectivity index (χ1) is 6.90. The summed E-state index contributed by atoms with van der Waals surface area (Å²) in [7, 11) is 0.